The van der Waals surface area contributed by atoms with Crippen molar-refractivity contribution in [1.82, 2.24) is 9.97 Å². The summed E-state index contributed by atoms with van der Waals surface area (Å²) >= 11 is 0. The highest BCUT2D eigenvalue weighted by atomic mass is 28.5. The second-order valence-electron chi connectivity index (χ2n) is 13.1. The van der Waals surface area contributed by atoms with Crippen molar-refractivity contribution in [2.45, 2.75) is 123 Å². The molecule has 238 valence electrons. The summed E-state index contributed by atoms with van der Waals surface area (Å²) in [6.45, 7) is 18.1. The van der Waals surface area contributed by atoms with E-state index in [0.29, 0.717) is 24.6 Å². The van der Waals surface area contributed by atoms with Gasteiger partial charge in [0.15, 0.2) is 34.4 Å². The standard InChI is InChI=1S/C31H54F2N2O4Si3/c1-9-10-13-16-29(32)30(33)25-37-28-23-34-31(35-24-28)26-17-19-27(20-18-26)36-21-14-11-12-15-22-41(5,6)39-42(7,8)38-40(2,3)4/h17-20,23-24,29-30H,9-16,21-22,25H2,1-8H3/t29-,30+/m1/s1. The number of aromatic nitrogens is 2. The fourth-order valence-corrected chi connectivity index (χ4v) is 18.2. The number of hydrogen-bond donors (Lipinski definition) is 0. The van der Waals surface area contributed by atoms with E-state index in [1.807, 2.05) is 31.2 Å². The highest BCUT2D eigenvalue weighted by Gasteiger charge is 2.37. The van der Waals surface area contributed by atoms with E-state index in [1.54, 1.807) is 0 Å². The van der Waals surface area contributed by atoms with Crippen molar-refractivity contribution in [3.63, 3.8) is 0 Å². The van der Waals surface area contributed by atoms with Crippen LogP contribution in [0.3, 0.4) is 0 Å². The number of unbranched alkanes of at least 4 members (excludes halogenated alkanes) is 5. The first-order valence-electron chi connectivity index (χ1n) is 15.6. The summed E-state index contributed by atoms with van der Waals surface area (Å²) in [7, 11) is -5.40. The lowest BCUT2D eigenvalue weighted by atomic mass is 10.1. The first kappa shape index (κ1) is 36.5. The molecule has 11 heteroatoms. The van der Waals surface area contributed by atoms with Crippen molar-refractivity contribution in [2.75, 3.05) is 13.2 Å². The monoisotopic (exact) mass is 640 g/mol. The Morgan fingerprint density at radius 2 is 1.36 bits per heavy atom. The Morgan fingerprint density at radius 1 is 0.714 bits per heavy atom. The molecule has 0 saturated heterocycles. The Morgan fingerprint density at radius 3 is 1.98 bits per heavy atom. The minimum Gasteiger partial charge on any atom is -0.494 e. The van der Waals surface area contributed by atoms with Gasteiger partial charge in [-0.05, 0) is 89.0 Å². The maximum absolute atomic E-state index is 14.0. The smallest absolute Gasteiger partial charge is 0.311 e. The number of halogens is 2. The molecule has 0 fully saturated rings. The zero-order valence-electron chi connectivity index (χ0n) is 27.2. The molecular formula is C31H54F2N2O4Si3. The maximum Gasteiger partial charge on any atom is 0.311 e. The van der Waals surface area contributed by atoms with Crippen LogP contribution < -0.4 is 9.47 Å². The summed E-state index contributed by atoms with van der Waals surface area (Å²) in [5.41, 5.74) is 0.840. The van der Waals surface area contributed by atoms with E-state index in [4.69, 9.17) is 17.7 Å². The molecule has 1 aromatic carbocycles. The Labute approximate surface area is 256 Å². The molecule has 0 amide bonds. The van der Waals surface area contributed by atoms with Crippen LogP contribution >= 0.6 is 0 Å². The highest BCUT2D eigenvalue weighted by Crippen LogP contribution is 2.25. The molecule has 0 bridgehead atoms. The van der Waals surface area contributed by atoms with Crippen molar-refractivity contribution in [1.29, 1.82) is 0 Å². The molecule has 0 aliphatic rings. The average Bonchev–Trinajstić information content (AvgIpc) is 2.90. The van der Waals surface area contributed by atoms with E-state index in [2.05, 4.69) is 55.8 Å². The van der Waals surface area contributed by atoms with Gasteiger partial charge in [0.05, 0.1) is 19.0 Å². The van der Waals surface area contributed by atoms with Crippen molar-refractivity contribution in [3.8, 4) is 22.9 Å². The van der Waals surface area contributed by atoms with Gasteiger partial charge in [0.2, 0.25) is 0 Å². The summed E-state index contributed by atoms with van der Waals surface area (Å²) in [4.78, 5) is 8.63. The lowest BCUT2D eigenvalue weighted by Gasteiger charge is -2.37. The average molecular weight is 641 g/mol. The molecule has 1 heterocycles. The van der Waals surface area contributed by atoms with Gasteiger partial charge < -0.3 is 17.7 Å². The van der Waals surface area contributed by atoms with E-state index < -0.39 is 37.5 Å². The Hall–Kier alpha value is -1.67. The van der Waals surface area contributed by atoms with Crippen LogP contribution in [-0.2, 0) is 8.23 Å². The van der Waals surface area contributed by atoms with Gasteiger partial charge in [-0.15, -0.1) is 0 Å². The molecule has 0 unspecified atom stereocenters. The Kier molecular flexibility index (Phi) is 15.3. The van der Waals surface area contributed by atoms with Crippen LogP contribution in [0.25, 0.3) is 11.4 Å². The third-order valence-electron chi connectivity index (χ3n) is 6.64. The summed E-state index contributed by atoms with van der Waals surface area (Å²) in [5, 5.41) is 0. The van der Waals surface area contributed by atoms with Crippen molar-refractivity contribution >= 4 is 25.2 Å². The lowest BCUT2D eigenvalue weighted by Crippen LogP contribution is -2.51. The molecule has 1 aromatic heterocycles. The Bertz CT molecular complexity index is 1020. The Balaban J connectivity index is 1.66. The van der Waals surface area contributed by atoms with Crippen molar-refractivity contribution in [3.05, 3.63) is 36.7 Å². The van der Waals surface area contributed by atoms with Gasteiger partial charge >= 0.3 is 8.56 Å². The molecule has 42 heavy (non-hydrogen) atoms. The summed E-state index contributed by atoms with van der Waals surface area (Å²) in [6.07, 6.45) is 7.10. The number of rotatable bonds is 21. The first-order chi connectivity index (χ1) is 19.7. The second kappa shape index (κ2) is 17.6. The van der Waals surface area contributed by atoms with Gasteiger partial charge in [0.1, 0.15) is 18.5 Å². The van der Waals surface area contributed by atoms with Gasteiger partial charge in [0, 0.05) is 5.56 Å². The lowest BCUT2D eigenvalue weighted by molar-refractivity contribution is 0.101. The second-order valence-corrected chi connectivity index (χ2v) is 25.8. The highest BCUT2D eigenvalue weighted by molar-refractivity contribution is 6.87. The van der Waals surface area contributed by atoms with Crippen LogP contribution in [0.5, 0.6) is 11.5 Å². The third-order valence-corrected chi connectivity index (χ3v) is 16.8. The number of alkyl halides is 2. The maximum atomic E-state index is 14.0. The minimum absolute atomic E-state index is 0.221. The van der Waals surface area contributed by atoms with Crippen LogP contribution in [0, 0.1) is 0 Å². The molecular weight excluding hydrogens is 587 g/mol. The zero-order valence-corrected chi connectivity index (χ0v) is 30.2. The number of ether oxygens (including phenoxy) is 2. The van der Waals surface area contributed by atoms with Gasteiger partial charge in [-0.25, -0.2) is 18.7 Å². The van der Waals surface area contributed by atoms with Gasteiger partial charge in [-0.1, -0.05) is 45.4 Å². The van der Waals surface area contributed by atoms with Crippen LogP contribution in [0.15, 0.2) is 36.7 Å². The molecule has 2 aromatic rings. The molecule has 0 N–H and O–H groups in total. The van der Waals surface area contributed by atoms with Crippen LogP contribution in [0.4, 0.5) is 8.78 Å². The largest absolute Gasteiger partial charge is 0.494 e. The molecule has 2 rings (SSSR count). The third kappa shape index (κ3) is 15.2. The normalized spacial score (nSPS) is 14.0. The summed E-state index contributed by atoms with van der Waals surface area (Å²) in [5.74, 6) is 1.66. The quantitative estimate of drug-likeness (QED) is 0.100. The van der Waals surface area contributed by atoms with E-state index in [9.17, 15) is 8.78 Å². The summed E-state index contributed by atoms with van der Waals surface area (Å²) < 4.78 is 52.2. The number of hydrogen-bond acceptors (Lipinski definition) is 6. The van der Waals surface area contributed by atoms with E-state index in [-0.39, 0.29) is 13.0 Å². The molecule has 6 nitrogen and oxygen atoms in total. The predicted molar refractivity (Wildman–Crippen MR) is 176 cm³/mol. The molecule has 0 aliphatic heterocycles. The van der Waals surface area contributed by atoms with E-state index >= 15 is 0 Å². The zero-order chi connectivity index (χ0) is 31.2. The van der Waals surface area contributed by atoms with Crippen molar-refractivity contribution in [2.24, 2.45) is 0 Å². The van der Waals surface area contributed by atoms with Gasteiger partial charge in [-0.2, -0.15) is 0 Å². The fourth-order valence-electron chi connectivity index (χ4n) is 4.96. The molecule has 0 saturated carbocycles. The SMILES string of the molecule is CCCCC[C@@H](F)[C@@H](F)COc1cnc(-c2ccc(OCCCCCC[Si](C)(C)O[Si](C)(C)O[Si](C)(C)C)cc2)nc1. The van der Waals surface area contributed by atoms with E-state index in [0.717, 1.165) is 43.0 Å². The molecule has 0 aliphatic carbocycles. The van der Waals surface area contributed by atoms with Crippen LogP contribution in [0.2, 0.25) is 51.9 Å². The van der Waals surface area contributed by atoms with Gasteiger partial charge in [0.25, 0.3) is 0 Å². The molecule has 0 radical (unpaired) electrons. The first-order valence-corrected chi connectivity index (χ1v) is 24.9. The summed E-state index contributed by atoms with van der Waals surface area (Å²) in [6, 6.07) is 8.81. The number of nitrogens with zero attached hydrogens (tertiary/aromatic N) is 2. The van der Waals surface area contributed by atoms with Crippen LogP contribution in [0.1, 0.15) is 58.3 Å². The van der Waals surface area contributed by atoms with Crippen LogP contribution in [-0.4, -0.2) is 60.7 Å². The molecule has 2 atom stereocenters. The fraction of sp³-hybridized carbons (Fsp3) is 0.677. The van der Waals surface area contributed by atoms with Gasteiger partial charge in [-0.3, -0.25) is 0 Å². The minimum atomic E-state index is -2.07. The molecule has 0 spiro atoms. The van der Waals surface area contributed by atoms with E-state index in [1.165, 1.54) is 25.2 Å². The number of benzene rings is 1. The predicted octanol–water partition coefficient (Wildman–Crippen LogP) is 9.49. The topological polar surface area (TPSA) is 62.7 Å². The van der Waals surface area contributed by atoms with Crippen molar-refractivity contribution < 1.29 is 26.5 Å².